The van der Waals surface area contributed by atoms with Gasteiger partial charge in [-0.25, -0.2) is 0 Å². The van der Waals surface area contributed by atoms with Crippen LogP contribution >= 0.6 is 0 Å². The van der Waals surface area contributed by atoms with Gasteiger partial charge in [-0.3, -0.25) is 9.59 Å². The Morgan fingerprint density at radius 1 is 1.42 bits per heavy atom. The van der Waals surface area contributed by atoms with Crippen molar-refractivity contribution in [2.45, 2.75) is 39.7 Å². The first-order valence-electron chi connectivity index (χ1n) is 8.74. The quantitative estimate of drug-likeness (QED) is 0.902. The Morgan fingerprint density at radius 3 is 2.83 bits per heavy atom. The van der Waals surface area contributed by atoms with Gasteiger partial charge in [-0.2, -0.15) is 0 Å². The van der Waals surface area contributed by atoms with E-state index in [1.165, 1.54) is 0 Å². The molecule has 132 valence electrons. The highest BCUT2D eigenvalue weighted by Crippen LogP contribution is 2.22. The molecule has 0 spiro atoms. The number of nitrogens with zero attached hydrogens (tertiary/aromatic N) is 2. The monoisotopic (exact) mass is 332 g/mol. The Bertz CT molecular complexity index is 588. The molecule has 0 radical (unpaired) electrons. The van der Waals surface area contributed by atoms with Gasteiger partial charge in [-0.05, 0) is 37.0 Å². The standard InChI is InChI=1S/C19H28N2O3/c1-4-14(2)18(23)21-10-6-8-16(13-21)19(24)20(3)12-15-7-5-9-17(22)11-15/h5,7,9,11,14,16,22H,4,6,8,10,12-13H2,1-3H3. The number of piperidine rings is 1. The molecule has 1 heterocycles. The molecule has 0 aromatic heterocycles. The highest BCUT2D eigenvalue weighted by Gasteiger charge is 2.31. The SMILES string of the molecule is CCC(C)C(=O)N1CCCC(C(=O)N(C)Cc2cccc(O)c2)C1. The van der Waals surface area contributed by atoms with Crippen molar-refractivity contribution >= 4 is 11.8 Å². The van der Waals surface area contributed by atoms with Crippen LogP contribution in [0.3, 0.4) is 0 Å². The number of phenolic OH excluding ortho intramolecular Hbond substituents is 1. The van der Waals surface area contributed by atoms with Crippen LogP contribution in [0.5, 0.6) is 5.75 Å². The number of benzene rings is 1. The molecule has 0 aliphatic carbocycles. The van der Waals surface area contributed by atoms with E-state index in [0.29, 0.717) is 13.1 Å². The number of likely N-dealkylation sites (tertiary alicyclic amines) is 1. The van der Waals surface area contributed by atoms with Crippen molar-refractivity contribution in [3.63, 3.8) is 0 Å². The molecular formula is C19H28N2O3. The number of phenols is 1. The fraction of sp³-hybridized carbons (Fsp3) is 0.579. The van der Waals surface area contributed by atoms with E-state index in [0.717, 1.165) is 31.4 Å². The summed E-state index contributed by atoms with van der Waals surface area (Å²) in [5.74, 6) is 0.319. The third-order valence-corrected chi connectivity index (χ3v) is 4.82. The second-order valence-corrected chi connectivity index (χ2v) is 6.80. The van der Waals surface area contributed by atoms with Crippen molar-refractivity contribution in [1.29, 1.82) is 0 Å². The number of hydrogen-bond acceptors (Lipinski definition) is 3. The molecule has 1 N–H and O–H groups in total. The zero-order chi connectivity index (χ0) is 17.7. The number of hydrogen-bond donors (Lipinski definition) is 1. The molecule has 2 rings (SSSR count). The molecule has 1 aliphatic rings. The van der Waals surface area contributed by atoms with Gasteiger partial charge in [0.15, 0.2) is 0 Å². The molecule has 1 aliphatic heterocycles. The van der Waals surface area contributed by atoms with Crippen molar-refractivity contribution in [3.8, 4) is 5.75 Å². The van der Waals surface area contributed by atoms with Crippen LogP contribution in [0.2, 0.25) is 0 Å². The molecule has 2 amide bonds. The molecule has 24 heavy (non-hydrogen) atoms. The van der Waals surface area contributed by atoms with E-state index in [4.69, 9.17) is 0 Å². The van der Waals surface area contributed by atoms with Gasteiger partial charge >= 0.3 is 0 Å². The lowest BCUT2D eigenvalue weighted by Gasteiger charge is -2.35. The first-order chi connectivity index (χ1) is 11.4. The van der Waals surface area contributed by atoms with Gasteiger partial charge in [-0.15, -0.1) is 0 Å². The van der Waals surface area contributed by atoms with Gasteiger partial charge in [0.2, 0.25) is 11.8 Å². The normalized spacial score (nSPS) is 19.0. The van der Waals surface area contributed by atoms with Gasteiger partial charge in [-0.1, -0.05) is 26.0 Å². The fourth-order valence-corrected chi connectivity index (χ4v) is 3.18. The minimum Gasteiger partial charge on any atom is -0.508 e. The fourth-order valence-electron chi connectivity index (χ4n) is 3.18. The molecule has 1 aromatic carbocycles. The van der Waals surface area contributed by atoms with E-state index in [1.807, 2.05) is 24.8 Å². The first kappa shape index (κ1) is 18.3. The highest BCUT2D eigenvalue weighted by atomic mass is 16.3. The van der Waals surface area contributed by atoms with Crippen LogP contribution in [0.1, 0.15) is 38.7 Å². The molecule has 1 aromatic rings. The second-order valence-electron chi connectivity index (χ2n) is 6.80. The Morgan fingerprint density at radius 2 is 2.17 bits per heavy atom. The van der Waals surface area contributed by atoms with Crippen molar-refractivity contribution in [2.24, 2.45) is 11.8 Å². The van der Waals surface area contributed by atoms with E-state index in [-0.39, 0.29) is 29.4 Å². The Labute approximate surface area is 144 Å². The summed E-state index contributed by atoms with van der Waals surface area (Å²) in [5, 5.41) is 9.54. The van der Waals surface area contributed by atoms with Crippen LogP contribution in [0, 0.1) is 11.8 Å². The van der Waals surface area contributed by atoms with Crippen LogP contribution in [0.4, 0.5) is 0 Å². The highest BCUT2D eigenvalue weighted by molar-refractivity contribution is 5.82. The average molecular weight is 332 g/mol. The van der Waals surface area contributed by atoms with Crippen molar-refractivity contribution in [2.75, 3.05) is 20.1 Å². The van der Waals surface area contributed by atoms with Crippen molar-refractivity contribution in [3.05, 3.63) is 29.8 Å². The number of rotatable bonds is 5. The molecule has 0 bridgehead atoms. The van der Waals surface area contributed by atoms with E-state index in [9.17, 15) is 14.7 Å². The van der Waals surface area contributed by atoms with E-state index < -0.39 is 0 Å². The lowest BCUT2D eigenvalue weighted by molar-refractivity contribution is -0.142. The molecule has 5 heteroatoms. The summed E-state index contributed by atoms with van der Waals surface area (Å²) in [5.41, 5.74) is 0.897. The Hall–Kier alpha value is -2.04. The lowest BCUT2D eigenvalue weighted by atomic mass is 9.95. The van der Waals surface area contributed by atoms with E-state index >= 15 is 0 Å². The summed E-state index contributed by atoms with van der Waals surface area (Å²) in [4.78, 5) is 28.6. The van der Waals surface area contributed by atoms with Gasteiger partial charge in [0, 0.05) is 32.6 Å². The summed E-state index contributed by atoms with van der Waals surface area (Å²) in [6, 6.07) is 6.95. The minimum atomic E-state index is -0.130. The zero-order valence-corrected chi connectivity index (χ0v) is 14.9. The number of carbonyl (C=O) groups is 2. The summed E-state index contributed by atoms with van der Waals surface area (Å²) in [6.45, 7) is 5.69. The molecular weight excluding hydrogens is 304 g/mol. The molecule has 1 fully saturated rings. The van der Waals surface area contributed by atoms with Crippen LogP contribution in [0.15, 0.2) is 24.3 Å². The Kier molecular flexibility index (Phi) is 6.23. The second kappa shape index (κ2) is 8.18. The zero-order valence-electron chi connectivity index (χ0n) is 14.9. The molecule has 0 saturated carbocycles. The van der Waals surface area contributed by atoms with Gasteiger partial charge in [0.05, 0.1) is 5.92 Å². The largest absolute Gasteiger partial charge is 0.508 e. The molecule has 2 atom stereocenters. The maximum Gasteiger partial charge on any atom is 0.227 e. The third kappa shape index (κ3) is 4.49. The van der Waals surface area contributed by atoms with Gasteiger partial charge in [0.1, 0.15) is 5.75 Å². The van der Waals surface area contributed by atoms with Crippen LogP contribution in [-0.4, -0.2) is 46.9 Å². The summed E-state index contributed by atoms with van der Waals surface area (Å²) < 4.78 is 0. The topological polar surface area (TPSA) is 60.9 Å². The maximum absolute atomic E-state index is 12.7. The number of carbonyl (C=O) groups excluding carboxylic acids is 2. The summed E-state index contributed by atoms with van der Waals surface area (Å²) in [6.07, 6.45) is 2.53. The van der Waals surface area contributed by atoms with Crippen LogP contribution in [-0.2, 0) is 16.1 Å². The van der Waals surface area contributed by atoms with E-state index in [2.05, 4.69) is 0 Å². The van der Waals surface area contributed by atoms with Crippen molar-refractivity contribution in [1.82, 2.24) is 9.80 Å². The minimum absolute atomic E-state index is 0.0175. The smallest absolute Gasteiger partial charge is 0.227 e. The van der Waals surface area contributed by atoms with Crippen molar-refractivity contribution < 1.29 is 14.7 Å². The van der Waals surface area contributed by atoms with Gasteiger partial charge < -0.3 is 14.9 Å². The van der Waals surface area contributed by atoms with Crippen LogP contribution < -0.4 is 0 Å². The maximum atomic E-state index is 12.7. The Balaban J connectivity index is 1.96. The number of aromatic hydroxyl groups is 1. The number of amides is 2. The predicted molar refractivity (Wildman–Crippen MR) is 93.3 cm³/mol. The lowest BCUT2D eigenvalue weighted by Crippen LogP contribution is -2.47. The van der Waals surface area contributed by atoms with Gasteiger partial charge in [0.25, 0.3) is 0 Å². The first-order valence-corrected chi connectivity index (χ1v) is 8.74. The van der Waals surface area contributed by atoms with E-state index in [1.54, 1.807) is 30.1 Å². The van der Waals surface area contributed by atoms with Crippen LogP contribution in [0.25, 0.3) is 0 Å². The molecule has 1 saturated heterocycles. The summed E-state index contributed by atoms with van der Waals surface area (Å²) in [7, 11) is 1.78. The molecule has 2 unspecified atom stereocenters. The third-order valence-electron chi connectivity index (χ3n) is 4.82. The predicted octanol–water partition coefficient (Wildman–Crippen LogP) is 2.64. The molecule has 5 nitrogen and oxygen atoms in total. The summed E-state index contributed by atoms with van der Waals surface area (Å²) >= 11 is 0. The average Bonchev–Trinajstić information content (AvgIpc) is 2.59.